The van der Waals surface area contributed by atoms with E-state index < -0.39 is 12.1 Å². The van der Waals surface area contributed by atoms with Gasteiger partial charge in [-0.05, 0) is 49.1 Å². The van der Waals surface area contributed by atoms with Crippen molar-refractivity contribution < 1.29 is 14.3 Å². The van der Waals surface area contributed by atoms with Crippen molar-refractivity contribution in [2.24, 2.45) is 11.8 Å². The van der Waals surface area contributed by atoms with E-state index in [2.05, 4.69) is 19.2 Å². The number of esters is 1. The van der Waals surface area contributed by atoms with Crippen LogP contribution in [0.4, 0.5) is 0 Å². The van der Waals surface area contributed by atoms with Crippen LogP contribution in [0, 0.1) is 18.8 Å². The van der Waals surface area contributed by atoms with Gasteiger partial charge >= 0.3 is 5.97 Å². The van der Waals surface area contributed by atoms with Crippen molar-refractivity contribution in [2.75, 3.05) is 0 Å². The second kappa shape index (κ2) is 7.27. The summed E-state index contributed by atoms with van der Waals surface area (Å²) in [6.07, 6.45) is 2.59. The quantitative estimate of drug-likeness (QED) is 0.862. The average Bonchev–Trinajstić information content (AvgIpc) is 2.90. The molecule has 4 atom stereocenters. The molecule has 1 N–H and O–H groups in total. The second-order valence-electron chi connectivity index (χ2n) is 6.36. The summed E-state index contributed by atoms with van der Waals surface area (Å²) in [4.78, 5) is 24.9. The van der Waals surface area contributed by atoms with Gasteiger partial charge in [0.1, 0.15) is 4.88 Å². The molecule has 0 saturated heterocycles. The van der Waals surface area contributed by atoms with Crippen LogP contribution < -0.4 is 5.32 Å². The van der Waals surface area contributed by atoms with Gasteiger partial charge in [-0.1, -0.05) is 26.7 Å². The minimum atomic E-state index is -0.765. The van der Waals surface area contributed by atoms with Crippen LogP contribution in [0.5, 0.6) is 0 Å². The Hall–Kier alpha value is -1.36. The van der Waals surface area contributed by atoms with Crippen molar-refractivity contribution >= 4 is 23.2 Å². The predicted octanol–water partition coefficient (Wildman–Crippen LogP) is 3.54. The van der Waals surface area contributed by atoms with Gasteiger partial charge in [0.2, 0.25) is 0 Å². The number of hydrogen-bond donors (Lipinski definition) is 1. The number of hydrogen-bond acceptors (Lipinski definition) is 4. The third-order valence-electron chi connectivity index (χ3n) is 4.74. The first-order chi connectivity index (χ1) is 10.4. The summed E-state index contributed by atoms with van der Waals surface area (Å²) in [5.41, 5.74) is 0.886. The first-order valence-corrected chi connectivity index (χ1v) is 8.83. The van der Waals surface area contributed by atoms with E-state index in [4.69, 9.17) is 4.74 Å². The Bertz CT molecular complexity index is 540. The van der Waals surface area contributed by atoms with Crippen molar-refractivity contribution in [3.63, 3.8) is 0 Å². The van der Waals surface area contributed by atoms with Gasteiger partial charge in [0.05, 0.1) is 0 Å². The standard InChI is InChI=1S/C17H25NO3S/c1-10-6-5-7-14(12(10)3)18-16(19)13(4)21-17(20)15-11(2)8-9-22-15/h8-10,12-14H,5-7H2,1-4H3,(H,18,19)/t10-,12-,13+,14-/m0/s1. The molecule has 0 aliphatic heterocycles. The van der Waals surface area contributed by atoms with E-state index in [0.717, 1.165) is 18.4 Å². The predicted molar refractivity (Wildman–Crippen MR) is 88.0 cm³/mol. The van der Waals surface area contributed by atoms with Crippen LogP contribution in [0.15, 0.2) is 11.4 Å². The van der Waals surface area contributed by atoms with Crippen molar-refractivity contribution in [1.29, 1.82) is 0 Å². The maximum atomic E-state index is 12.3. The number of thiophene rings is 1. The number of rotatable bonds is 4. The van der Waals surface area contributed by atoms with E-state index in [0.29, 0.717) is 16.7 Å². The zero-order valence-electron chi connectivity index (χ0n) is 13.7. The molecule has 0 spiro atoms. The van der Waals surface area contributed by atoms with Crippen LogP contribution in [0.3, 0.4) is 0 Å². The van der Waals surface area contributed by atoms with Gasteiger partial charge in [0.15, 0.2) is 6.10 Å². The Morgan fingerprint density at radius 1 is 1.36 bits per heavy atom. The first-order valence-electron chi connectivity index (χ1n) is 7.95. The van der Waals surface area contributed by atoms with Gasteiger partial charge in [0, 0.05) is 6.04 Å². The van der Waals surface area contributed by atoms with E-state index in [-0.39, 0.29) is 11.9 Å². The van der Waals surface area contributed by atoms with E-state index in [9.17, 15) is 9.59 Å². The van der Waals surface area contributed by atoms with Gasteiger partial charge in [-0.25, -0.2) is 4.79 Å². The molecular weight excluding hydrogens is 298 g/mol. The Morgan fingerprint density at radius 3 is 2.73 bits per heavy atom. The van der Waals surface area contributed by atoms with Crippen molar-refractivity contribution in [3.05, 3.63) is 21.9 Å². The van der Waals surface area contributed by atoms with E-state index >= 15 is 0 Å². The fraction of sp³-hybridized carbons (Fsp3) is 0.647. The molecule has 1 aromatic rings. The zero-order chi connectivity index (χ0) is 16.3. The van der Waals surface area contributed by atoms with Gasteiger partial charge in [-0.15, -0.1) is 11.3 Å². The van der Waals surface area contributed by atoms with Crippen LogP contribution in [-0.4, -0.2) is 24.0 Å². The van der Waals surface area contributed by atoms with Crippen LogP contribution in [0.2, 0.25) is 0 Å². The summed E-state index contributed by atoms with van der Waals surface area (Å²) in [6.45, 7) is 7.91. The van der Waals surface area contributed by atoms with E-state index in [1.807, 2.05) is 18.4 Å². The highest BCUT2D eigenvalue weighted by Crippen LogP contribution is 2.29. The maximum Gasteiger partial charge on any atom is 0.349 e. The molecule has 1 amide bonds. The van der Waals surface area contributed by atoms with Crippen LogP contribution in [0.1, 0.15) is 55.3 Å². The Kier molecular flexibility index (Phi) is 5.62. The maximum absolute atomic E-state index is 12.3. The lowest BCUT2D eigenvalue weighted by atomic mass is 9.78. The van der Waals surface area contributed by atoms with Crippen LogP contribution in [0.25, 0.3) is 0 Å². The van der Waals surface area contributed by atoms with Crippen LogP contribution in [-0.2, 0) is 9.53 Å². The third kappa shape index (κ3) is 3.88. The molecule has 5 heteroatoms. The molecule has 1 aliphatic rings. The SMILES string of the molecule is Cc1ccsc1C(=O)O[C@H](C)C(=O)N[C@H]1CCC[C@H](C)[C@@H]1C. The summed E-state index contributed by atoms with van der Waals surface area (Å²) in [5.74, 6) is 0.458. The van der Waals surface area contributed by atoms with Gasteiger partial charge in [0.25, 0.3) is 5.91 Å². The number of aryl methyl sites for hydroxylation is 1. The number of nitrogens with one attached hydrogen (secondary N) is 1. The Balaban J connectivity index is 1.89. The lowest BCUT2D eigenvalue weighted by molar-refractivity contribution is -0.130. The Labute approximate surface area is 136 Å². The summed E-state index contributed by atoms with van der Waals surface area (Å²) >= 11 is 1.34. The summed E-state index contributed by atoms with van der Waals surface area (Å²) in [7, 11) is 0. The van der Waals surface area contributed by atoms with Gasteiger partial charge in [-0.2, -0.15) is 0 Å². The first kappa shape index (κ1) is 17.0. The molecule has 4 nitrogen and oxygen atoms in total. The largest absolute Gasteiger partial charge is 0.448 e. The fourth-order valence-corrected chi connectivity index (χ4v) is 3.74. The smallest absolute Gasteiger partial charge is 0.349 e. The molecule has 1 aromatic heterocycles. The molecule has 122 valence electrons. The average molecular weight is 323 g/mol. The summed E-state index contributed by atoms with van der Waals surface area (Å²) in [6, 6.07) is 2.05. The number of amides is 1. The number of ether oxygens (including phenoxy) is 1. The molecule has 2 rings (SSSR count). The molecule has 1 fully saturated rings. The lowest BCUT2D eigenvalue weighted by Gasteiger charge is -2.35. The second-order valence-corrected chi connectivity index (χ2v) is 7.28. The normalized spacial score (nSPS) is 26.3. The van der Waals surface area contributed by atoms with Crippen molar-refractivity contribution in [2.45, 2.75) is 59.1 Å². The molecule has 0 radical (unpaired) electrons. The van der Waals surface area contributed by atoms with Gasteiger partial charge in [-0.3, -0.25) is 4.79 Å². The molecule has 22 heavy (non-hydrogen) atoms. The number of carbonyl (C=O) groups is 2. The highest BCUT2D eigenvalue weighted by atomic mass is 32.1. The fourth-order valence-electron chi connectivity index (χ4n) is 2.94. The molecule has 0 bridgehead atoms. The molecule has 0 unspecified atom stereocenters. The molecular formula is C17H25NO3S. The monoisotopic (exact) mass is 323 g/mol. The number of carbonyl (C=O) groups excluding carboxylic acids is 2. The highest BCUT2D eigenvalue weighted by Gasteiger charge is 2.30. The summed E-state index contributed by atoms with van der Waals surface area (Å²) < 4.78 is 5.30. The molecule has 0 aromatic carbocycles. The third-order valence-corrected chi connectivity index (χ3v) is 5.73. The lowest BCUT2D eigenvalue weighted by Crippen LogP contribution is -2.47. The van der Waals surface area contributed by atoms with E-state index in [1.165, 1.54) is 17.8 Å². The zero-order valence-corrected chi connectivity index (χ0v) is 14.5. The minimum Gasteiger partial charge on any atom is -0.448 e. The minimum absolute atomic E-state index is 0.181. The van der Waals surface area contributed by atoms with E-state index in [1.54, 1.807) is 6.92 Å². The van der Waals surface area contributed by atoms with Crippen molar-refractivity contribution in [1.82, 2.24) is 5.32 Å². The van der Waals surface area contributed by atoms with Crippen LogP contribution >= 0.6 is 11.3 Å². The molecule has 1 saturated carbocycles. The van der Waals surface area contributed by atoms with Crippen molar-refractivity contribution in [3.8, 4) is 0 Å². The summed E-state index contributed by atoms with van der Waals surface area (Å²) in [5, 5.41) is 4.90. The molecule has 1 heterocycles. The molecule has 1 aliphatic carbocycles. The Morgan fingerprint density at radius 2 is 2.09 bits per heavy atom. The highest BCUT2D eigenvalue weighted by molar-refractivity contribution is 7.12. The topological polar surface area (TPSA) is 55.4 Å². The van der Waals surface area contributed by atoms with Gasteiger partial charge < -0.3 is 10.1 Å².